The molecule has 1 aliphatic rings. The van der Waals surface area contributed by atoms with Crippen molar-refractivity contribution in [2.75, 3.05) is 25.5 Å². The van der Waals surface area contributed by atoms with Crippen LogP contribution >= 0.6 is 0 Å². The van der Waals surface area contributed by atoms with E-state index in [0.717, 1.165) is 46.4 Å². The Morgan fingerprint density at radius 3 is 2.63 bits per heavy atom. The minimum absolute atomic E-state index is 0.0591. The number of para-hydroxylation sites is 2. The molecule has 0 unspecified atom stereocenters. The molecular weight excluding hydrogens is 378 g/mol. The number of nitrogens with one attached hydrogen (secondary N) is 1. The molecule has 156 valence electrons. The number of aromatic nitrogens is 1. The number of likely N-dealkylation sites (tertiary alicyclic amines) is 1. The molecule has 0 atom stereocenters. The molecule has 0 aliphatic carbocycles. The fourth-order valence-corrected chi connectivity index (χ4v) is 4.00. The molecule has 6 heteroatoms. The summed E-state index contributed by atoms with van der Waals surface area (Å²) in [5.41, 5.74) is 2.61. The first-order valence-electron chi connectivity index (χ1n) is 10.3. The third-order valence-electron chi connectivity index (χ3n) is 5.70. The summed E-state index contributed by atoms with van der Waals surface area (Å²) in [6, 6.07) is 17.8. The molecule has 0 spiro atoms. The van der Waals surface area contributed by atoms with Crippen LogP contribution in [0.25, 0.3) is 10.9 Å². The predicted molar refractivity (Wildman–Crippen MR) is 118 cm³/mol. The van der Waals surface area contributed by atoms with E-state index in [1.165, 1.54) is 0 Å². The molecule has 1 saturated heterocycles. The van der Waals surface area contributed by atoms with E-state index in [4.69, 9.17) is 9.72 Å². The van der Waals surface area contributed by atoms with Crippen molar-refractivity contribution in [3.05, 3.63) is 65.7 Å². The van der Waals surface area contributed by atoms with Crippen LogP contribution in [0.1, 0.15) is 24.0 Å². The number of carbonyl (C=O) groups is 1. The number of benzene rings is 2. The Bertz CT molecular complexity index is 1030. The van der Waals surface area contributed by atoms with Crippen molar-refractivity contribution in [3.8, 4) is 5.75 Å². The van der Waals surface area contributed by atoms with Crippen molar-refractivity contribution in [2.45, 2.75) is 31.9 Å². The van der Waals surface area contributed by atoms with Crippen molar-refractivity contribution in [3.63, 3.8) is 0 Å². The van der Waals surface area contributed by atoms with Gasteiger partial charge >= 0.3 is 0 Å². The van der Waals surface area contributed by atoms with Crippen LogP contribution in [0.15, 0.2) is 54.6 Å². The Labute approximate surface area is 176 Å². The van der Waals surface area contributed by atoms with Gasteiger partial charge in [-0.2, -0.15) is 0 Å². The van der Waals surface area contributed by atoms with E-state index in [9.17, 15) is 9.90 Å². The van der Waals surface area contributed by atoms with E-state index in [1.54, 1.807) is 7.11 Å². The zero-order valence-corrected chi connectivity index (χ0v) is 17.2. The Morgan fingerprint density at radius 1 is 1.13 bits per heavy atom. The second kappa shape index (κ2) is 9.13. The van der Waals surface area contributed by atoms with Gasteiger partial charge in [0, 0.05) is 35.6 Å². The molecule has 0 bridgehead atoms. The molecule has 3 aromatic rings. The van der Waals surface area contributed by atoms with Gasteiger partial charge in [-0.3, -0.25) is 4.79 Å². The Kier molecular flexibility index (Phi) is 6.14. The van der Waals surface area contributed by atoms with E-state index >= 15 is 0 Å². The maximum Gasteiger partial charge on any atom is 0.227 e. The SMILES string of the molecule is COc1ccccc1CC(=O)N1CCC(Nc2nc3ccccc3cc2CO)CC1. The summed E-state index contributed by atoms with van der Waals surface area (Å²) < 4.78 is 5.36. The van der Waals surface area contributed by atoms with Crippen molar-refractivity contribution in [2.24, 2.45) is 0 Å². The Morgan fingerprint density at radius 2 is 1.87 bits per heavy atom. The summed E-state index contributed by atoms with van der Waals surface area (Å²) >= 11 is 0. The van der Waals surface area contributed by atoms with Gasteiger partial charge in [0.1, 0.15) is 11.6 Å². The number of fused-ring (bicyclic) bond motifs is 1. The summed E-state index contributed by atoms with van der Waals surface area (Å²) in [7, 11) is 1.63. The molecule has 1 aliphatic heterocycles. The normalized spacial score (nSPS) is 14.7. The lowest BCUT2D eigenvalue weighted by Gasteiger charge is -2.33. The third-order valence-corrected chi connectivity index (χ3v) is 5.70. The summed E-state index contributed by atoms with van der Waals surface area (Å²) in [5, 5.41) is 14.3. The third kappa shape index (κ3) is 4.39. The lowest BCUT2D eigenvalue weighted by atomic mass is 10.0. The van der Waals surface area contributed by atoms with Gasteiger partial charge in [0.15, 0.2) is 0 Å². The van der Waals surface area contributed by atoms with Crippen LogP contribution in [0, 0.1) is 0 Å². The summed E-state index contributed by atoms with van der Waals surface area (Å²) in [6.45, 7) is 1.35. The number of carbonyl (C=O) groups excluding carboxylic acids is 1. The maximum atomic E-state index is 12.8. The number of hydrogen-bond donors (Lipinski definition) is 2. The van der Waals surface area contributed by atoms with Gasteiger partial charge in [0.05, 0.1) is 25.7 Å². The highest BCUT2D eigenvalue weighted by Crippen LogP contribution is 2.24. The second-order valence-corrected chi connectivity index (χ2v) is 7.63. The van der Waals surface area contributed by atoms with Crippen molar-refractivity contribution < 1.29 is 14.6 Å². The number of amides is 1. The summed E-state index contributed by atoms with van der Waals surface area (Å²) in [5.74, 6) is 1.61. The fraction of sp³-hybridized carbons (Fsp3) is 0.333. The van der Waals surface area contributed by atoms with Gasteiger partial charge in [-0.15, -0.1) is 0 Å². The Hall–Kier alpha value is -3.12. The molecule has 1 fully saturated rings. The van der Waals surface area contributed by atoms with E-state index in [1.807, 2.05) is 59.5 Å². The zero-order valence-electron chi connectivity index (χ0n) is 17.2. The molecule has 6 nitrogen and oxygen atoms in total. The number of rotatable bonds is 6. The standard InChI is InChI=1S/C24H27N3O3/c1-30-22-9-5-3-7-18(22)15-23(29)27-12-10-20(11-13-27)25-24-19(16-28)14-17-6-2-4-8-21(17)26-24/h2-9,14,20,28H,10-13,15-16H2,1H3,(H,25,26). The Balaban J connectivity index is 1.38. The average Bonchev–Trinajstić information content (AvgIpc) is 2.79. The number of aliphatic hydroxyl groups is 1. The molecule has 2 N–H and O–H groups in total. The molecule has 0 radical (unpaired) electrons. The maximum absolute atomic E-state index is 12.8. The number of piperidine rings is 1. The van der Waals surface area contributed by atoms with Crippen LogP contribution in [0.2, 0.25) is 0 Å². The largest absolute Gasteiger partial charge is 0.496 e. The number of pyridine rings is 1. The lowest BCUT2D eigenvalue weighted by Crippen LogP contribution is -2.43. The van der Waals surface area contributed by atoms with Gasteiger partial charge in [-0.25, -0.2) is 4.98 Å². The highest BCUT2D eigenvalue weighted by molar-refractivity contribution is 5.82. The second-order valence-electron chi connectivity index (χ2n) is 7.63. The number of hydrogen-bond acceptors (Lipinski definition) is 5. The van der Waals surface area contributed by atoms with Crippen LogP contribution in [0.3, 0.4) is 0 Å². The van der Waals surface area contributed by atoms with Gasteiger partial charge in [0.2, 0.25) is 5.91 Å². The minimum Gasteiger partial charge on any atom is -0.496 e. The molecule has 1 amide bonds. The molecule has 30 heavy (non-hydrogen) atoms. The van der Waals surface area contributed by atoms with Crippen molar-refractivity contribution in [1.29, 1.82) is 0 Å². The fourth-order valence-electron chi connectivity index (χ4n) is 4.00. The minimum atomic E-state index is -0.0591. The van der Waals surface area contributed by atoms with E-state index in [-0.39, 0.29) is 18.6 Å². The number of anilines is 1. The molecule has 4 rings (SSSR count). The molecule has 0 saturated carbocycles. The van der Waals surface area contributed by atoms with Gasteiger partial charge in [-0.05, 0) is 31.0 Å². The van der Waals surface area contributed by atoms with Crippen LogP contribution in [0.4, 0.5) is 5.82 Å². The number of nitrogens with zero attached hydrogens (tertiary/aromatic N) is 2. The number of aliphatic hydroxyl groups excluding tert-OH is 1. The van der Waals surface area contributed by atoms with Crippen LogP contribution in [-0.4, -0.2) is 47.1 Å². The van der Waals surface area contributed by atoms with Crippen molar-refractivity contribution >= 4 is 22.6 Å². The van der Waals surface area contributed by atoms with Gasteiger partial charge in [0.25, 0.3) is 0 Å². The van der Waals surface area contributed by atoms with Gasteiger partial charge < -0.3 is 20.1 Å². The van der Waals surface area contributed by atoms with Crippen LogP contribution in [0.5, 0.6) is 5.75 Å². The van der Waals surface area contributed by atoms with Crippen molar-refractivity contribution in [1.82, 2.24) is 9.88 Å². The molecule has 2 heterocycles. The first-order chi connectivity index (χ1) is 14.7. The van der Waals surface area contributed by atoms with Crippen LogP contribution < -0.4 is 10.1 Å². The highest BCUT2D eigenvalue weighted by Gasteiger charge is 2.24. The summed E-state index contributed by atoms with van der Waals surface area (Å²) in [6.07, 6.45) is 2.04. The van der Waals surface area contributed by atoms with Gasteiger partial charge in [-0.1, -0.05) is 36.4 Å². The molecular formula is C24H27N3O3. The lowest BCUT2D eigenvalue weighted by molar-refractivity contribution is -0.131. The number of ether oxygens (including phenoxy) is 1. The number of methoxy groups -OCH3 is 1. The first kappa shape index (κ1) is 20.2. The van der Waals surface area contributed by atoms with E-state index < -0.39 is 0 Å². The monoisotopic (exact) mass is 405 g/mol. The smallest absolute Gasteiger partial charge is 0.227 e. The summed E-state index contributed by atoms with van der Waals surface area (Å²) in [4.78, 5) is 19.4. The average molecular weight is 405 g/mol. The van der Waals surface area contributed by atoms with E-state index in [0.29, 0.717) is 19.5 Å². The quantitative estimate of drug-likeness (QED) is 0.658. The first-order valence-corrected chi connectivity index (χ1v) is 10.3. The topological polar surface area (TPSA) is 74.7 Å². The van der Waals surface area contributed by atoms with Crippen LogP contribution in [-0.2, 0) is 17.8 Å². The molecule has 2 aromatic carbocycles. The highest BCUT2D eigenvalue weighted by atomic mass is 16.5. The van der Waals surface area contributed by atoms with E-state index in [2.05, 4.69) is 5.32 Å². The predicted octanol–water partition coefficient (Wildman–Crippen LogP) is 3.38. The molecule has 1 aromatic heterocycles. The zero-order chi connectivity index (χ0) is 20.9.